The molecule has 2 aromatic rings. The van der Waals surface area contributed by atoms with E-state index in [0.717, 1.165) is 12.0 Å². The highest BCUT2D eigenvalue weighted by atomic mass is 32.1. The summed E-state index contributed by atoms with van der Waals surface area (Å²) in [6.07, 6.45) is 0.753. The number of thiophene rings is 1. The normalized spacial score (nSPS) is 12.2. The first-order chi connectivity index (χ1) is 9.06. The molecule has 2 nitrogen and oxygen atoms in total. The molecule has 1 atom stereocenters. The summed E-state index contributed by atoms with van der Waals surface area (Å²) in [6.45, 7) is 3.71. The van der Waals surface area contributed by atoms with Gasteiger partial charge in [-0.1, -0.05) is 6.07 Å². The Hall–Kier alpha value is -1.68. The van der Waals surface area contributed by atoms with Crippen molar-refractivity contribution >= 4 is 17.2 Å². The largest absolute Gasteiger partial charge is 0.349 e. The second-order valence-corrected chi connectivity index (χ2v) is 5.47. The van der Waals surface area contributed by atoms with Crippen LogP contribution >= 0.6 is 11.3 Å². The molecule has 1 amide bonds. The molecule has 19 heavy (non-hydrogen) atoms. The molecule has 2 rings (SSSR count). The van der Waals surface area contributed by atoms with Crippen LogP contribution < -0.4 is 5.32 Å². The minimum atomic E-state index is -0.472. The van der Waals surface area contributed by atoms with Crippen LogP contribution in [0.4, 0.5) is 4.39 Å². The summed E-state index contributed by atoms with van der Waals surface area (Å²) in [5.41, 5.74) is 2.09. The van der Waals surface area contributed by atoms with Crippen LogP contribution in [0.1, 0.15) is 28.4 Å². The average molecular weight is 277 g/mol. The number of carbonyl (C=O) groups is 1. The quantitative estimate of drug-likeness (QED) is 0.909. The smallest absolute Gasteiger partial charge is 0.254 e. The number of hydrogen-bond donors (Lipinski definition) is 1. The summed E-state index contributed by atoms with van der Waals surface area (Å²) in [5.74, 6) is -0.833. The highest BCUT2D eigenvalue weighted by Crippen LogP contribution is 2.12. The first-order valence-corrected chi connectivity index (χ1v) is 7.08. The van der Waals surface area contributed by atoms with E-state index in [9.17, 15) is 9.18 Å². The van der Waals surface area contributed by atoms with Gasteiger partial charge in [0.2, 0.25) is 0 Å². The van der Waals surface area contributed by atoms with Crippen molar-refractivity contribution in [1.29, 1.82) is 0 Å². The van der Waals surface area contributed by atoms with E-state index in [1.54, 1.807) is 24.3 Å². The van der Waals surface area contributed by atoms with Crippen molar-refractivity contribution in [3.63, 3.8) is 0 Å². The number of halogens is 1. The van der Waals surface area contributed by atoms with Crippen LogP contribution in [0.25, 0.3) is 0 Å². The van der Waals surface area contributed by atoms with Crippen LogP contribution in [0.2, 0.25) is 0 Å². The van der Waals surface area contributed by atoms with Gasteiger partial charge in [-0.25, -0.2) is 4.39 Å². The molecule has 1 aromatic carbocycles. The number of benzene rings is 1. The predicted molar refractivity (Wildman–Crippen MR) is 76.1 cm³/mol. The van der Waals surface area contributed by atoms with Gasteiger partial charge >= 0.3 is 0 Å². The fourth-order valence-corrected chi connectivity index (χ4v) is 2.60. The van der Waals surface area contributed by atoms with E-state index < -0.39 is 5.82 Å². The average Bonchev–Trinajstić information content (AvgIpc) is 2.81. The molecule has 0 saturated carbocycles. The maximum Gasteiger partial charge on any atom is 0.254 e. The lowest BCUT2D eigenvalue weighted by atomic mass is 10.1. The Morgan fingerprint density at radius 2 is 2.21 bits per heavy atom. The van der Waals surface area contributed by atoms with Gasteiger partial charge in [-0.2, -0.15) is 11.3 Å². The molecule has 0 aliphatic carbocycles. The Labute approximate surface area is 116 Å². The Morgan fingerprint density at radius 3 is 2.84 bits per heavy atom. The lowest BCUT2D eigenvalue weighted by Gasteiger charge is -2.13. The zero-order chi connectivity index (χ0) is 13.8. The maximum absolute atomic E-state index is 13.7. The van der Waals surface area contributed by atoms with Gasteiger partial charge in [0.05, 0.1) is 5.56 Å². The molecule has 0 radical (unpaired) electrons. The van der Waals surface area contributed by atoms with Gasteiger partial charge in [-0.05, 0) is 60.4 Å². The van der Waals surface area contributed by atoms with Crippen LogP contribution in [0, 0.1) is 12.7 Å². The van der Waals surface area contributed by atoms with Crippen molar-refractivity contribution in [1.82, 2.24) is 5.32 Å². The second kappa shape index (κ2) is 5.97. The Balaban J connectivity index is 2.00. The second-order valence-electron chi connectivity index (χ2n) is 4.69. The van der Waals surface area contributed by atoms with E-state index in [2.05, 4.69) is 10.7 Å². The van der Waals surface area contributed by atoms with Gasteiger partial charge in [0.25, 0.3) is 5.91 Å². The number of amides is 1. The van der Waals surface area contributed by atoms with Crippen molar-refractivity contribution in [2.24, 2.45) is 0 Å². The third-order valence-electron chi connectivity index (χ3n) is 2.87. The van der Waals surface area contributed by atoms with Crippen molar-refractivity contribution in [2.75, 3.05) is 0 Å². The first kappa shape index (κ1) is 13.7. The summed E-state index contributed by atoms with van der Waals surface area (Å²) in [4.78, 5) is 12.0. The predicted octanol–water partition coefficient (Wildman–Crippen LogP) is 3.56. The molecule has 4 heteroatoms. The third-order valence-corrected chi connectivity index (χ3v) is 3.60. The van der Waals surface area contributed by atoms with Crippen molar-refractivity contribution in [3.05, 3.63) is 57.5 Å². The number of nitrogens with one attached hydrogen (secondary N) is 1. The van der Waals surface area contributed by atoms with E-state index in [0.29, 0.717) is 0 Å². The number of rotatable bonds is 4. The molecule has 1 heterocycles. The summed E-state index contributed by atoms with van der Waals surface area (Å²) in [5, 5.41) is 6.87. The van der Waals surface area contributed by atoms with Gasteiger partial charge in [-0.3, -0.25) is 4.79 Å². The Kier molecular flexibility index (Phi) is 4.32. The molecule has 1 aromatic heterocycles. The molecule has 1 unspecified atom stereocenters. The maximum atomic E-state index is 13.7. The number of aryl methyl sites for hydroxylation is 1. The fraction of sp³-hybridized carbons (Fsp3) is 0.267. The van der Waals surface area contributed by atoms with Crippen LogP contribution in [0.5, 0.6) is 0 Å². The molecule has 0 saturated heterocycles. The summed E-state index contributed by atoms with van der Waals surface area (Å²) in [7, 11) is 0. The van der Waals surface area contributed by atoms with Gasteiger partial charge in [-0.15, -0.1) is 0 Å². The SMILES string of the molecule is Cc1ccc(C(=O)NC(C)Cc2ccsc2)c(F)c1. The van der Waals surface area contributed by atoms with E-state index in [1.807, 2.05) is 18.4 Å². The summed E-state index contributed by atoms with van der Waals surface area (Å²) < 4.78 is 13.7. The van der Waals surface area contributed by atoms with Crippen molar-refractivity contribution in [2.45, 2.75) is 26.3 Å². The first-order valence-electron chi connectivity index (χ1n) is 6.14. The fourth-order valence-electron chi connectivity index (χ4n) is 1.92. The van der Waals surface area contributed by atoms with Crippen LogP contribution in [0.3, 0.4) is 0 Å². The highest BCUT2D eigenvalue weighted by molar-refractivity contribution is 7.07. The monoisotopic (exact) mass is 277 g/mol. The van der Waals surface area contributed by atoms with Gasteiger partial charge in [0, 0.05) is 6.04 Å². The van der Waals surface area contributed by atoms with E-state index in [4.69, 9.17) is 0 Å². The van der Waals surface area contributed by atoms with Crippen LogP contribution in [-0.2, 0) is 6.42 Å². The zero-order valence-electron chi connectivity index (χ0n) is 10.9. The van der Waals surface area contributed by atoms with E-state index in [-0.39, 0.29) is 17.5 Å². The minimum Gasteiger partial charge on any atom is -0.349 e. The third kappa shape index (κ3) is 3.64. The standard InChI is InChI=1S/C15H16FNOS/c1-10-3-4-13(14(16)7-10)15(18)17-11(2)8-12-5-6-19-9-12/h3-7,9,11H,8H2,1-2H3,(H,17,18). The molecular formula is C15H16FNOS. The Morgan fingerprint density at radius 1 is 1.42 bits per heavy atom. The van der Waals surface area contributed by atoms with Crippen molar-refractivity contribution < 1.29 is 9.18 Å². The van der Waals surface area contributed by atoms with Gasteiger partial charge in [0.1, 0.15) is 5.82 Å². The van der Waals surface area contributed by atoms with Crippen LogP contribution in [0.15, 0.2) is 35.0 Å². The summed E-state index contributed by atoms with van der Waals surface area (Å²) in [6, 6.07) is 6.64. The molecule has 1 N–H and O–H groups in total. The molecule has 0 fully saturated rings. The van der Waals surface area contributed by atoms with Gasteiger partial charge in [0.15, 0.2) is 0 Å². The minimum absolute atomic E-state index is 0.0252. The lowest BCUT2D eigenvalue weighted by molar-refractivity contribution is 0.0936. The topological polar surface area (TPSA) is 29.1 Å². The summed E-state index contributed by atoms with van der Waals surface area (Å²) >= 11 is 1.63. The molecule has 0 aliphatic heterocycles. The van der Waals surface area contributed by atoms with E-state index in [1.165, 1.54) is 17.7 Å². The number of carbonyl (C=O) groups excluding carboxylic acids is 1. The molecule has 100 valence electrons. The molecule has 0 aliphatic rings. The zero-order valence-corrected chi connectivity index (χ0v) is 11.8. The molecule has 0 bridgehead atoms. The Bertz CT molecular complexity index is 566. The van der Waals surface area contributed by atoms with Crippen LogP contribution in [-0.4, -0.2) is 11.9 Å². The number of hydrogen-bond acceptors (Lipinski definition) is 2. The molecular weight excluding hydrogens is 261 g/mol. The molecule has 0 spiro atoms. The lowest BCUT2D eigenvalue weighted by Crippen LogP contribution is -2.34. The highest BCUT2D eigenvalue weighted by Gasteiger charge is 2.14. The van der Waals surface area contributed by atoms with Gasteiger partial charge < -0.3 is 5.32 Å². The van der Waals surface area contributed by atoms with E-state index >= 15 is 0 Å². The van der Waals surface area contributed by atoms with Crippen molar-refractivity contribution in [3.8, 4) is 0 Å².